The molecule has 0 aromatic heterocycles. The summed E-state index contributed by atoms with van der Waals surface area (Å²) in [6.45, 7) is 8.59. The number of hydrogen-bond donors (Lipinski definition) is 0. The largest absolute Gasteiger partial charge is 1.00 e. The van der Waals surface area contributed by atoms with Gasteiger partial charge in [-0.15, -0.1) is 0 Å². The van der Waals surface area contributed by atoms with Gasteiger partial charge in [-0.05, 0) is 51.4 Å². The quantitative estimate of drug-likeness (QED) is 0.432. The van der Waals surface area contributed by atoms with E-state index in [1.165, 1.54) is 106 Å². The van der Waals surface area contributed by atoms with Crippen molar-refractivity contribution in [1.29, 1.82) is 0 Å². The molecule has 2 aliphatic heterocycles. The molecule has 2 saturated heterocycles. The minimum Gasteiger partial charge on any atom is -1.00 e. The summed E-state index contributed by atoms with van der Waals surface area (Å²) in [4.78, 5) is 0. The first kappa shape index (κ1) is 21.9. The van der Waals surface area contributed by atoms with Crippen LogP contribution in [0.1, 0.15) is 57.8 Å². The fourth-order valence-electron chi connectivity index (χ4n) is 4.19. The predicted molar refractivity (Wildman–Crippen MR) is 83.1 cm³/mol. The molecule has 2 fully saturated rings. The second kappa shape index (κ2) is 10.6. The van der Waals surface area contributed by atoms with Crippen molar-refractivity contribution in [2.45, 2.75) is 57.8 Å². The van der Waals surface area contributed by atoms with Crippen LogP contribution in [0.15, 0.2) is 0 Å². The average Bonchev–Trinajstić information content (AvgIpc) is 2.71. The molecule has 0 aromatic rings. The Bertz CT molecular complexity index is 230. The highest BCUT2D eigenvalue weighted by atomic mass is 79.9. The van der Waals surface area contributed by atoms with E-state index in [9.17, 15) is 0 Å². The summed E-state index contributed by atoms with van der Waals surface area (Å²) in [7, 11) is 5.02. The molecule has 0 N–H and O–H groups in total. The van der Waals surface area contributed by atoms with Gasteiger partial charge in [0.05, 0.1) is 53.4 Å². The average molecular weight is 428 g/mol. The molecule has 21 heavy (non-hydrogen) atoms. The van der Waals surface area contributed by atoms with Gasteiger partial charge in [-0.1, -0.05) is 0 Å². The van der Waals surface area contributed by atoms with E-state index in [4.69, 9.17) is 0 Å². The van der Waals surface area contributed by atoms with Crippen LogP contribution in [0.5, 0.6) is 0 Å². The normalized spacial score (nSPS) is 24.9. The van der Waals surface area contributed by atoms with Crippen molar-refractivity contribution in [3.05, 3.63) is 0 Å². The van der Waals surface area contributed by atoms with Gasteiger partial charge in [0.1, 0.15) is 0 Å². The Morgan fingerprint density at radius 1 is 0.524 bits per heavy atom. The van der Waals surface area contributed by atoms with Gasteiger partial charge in [-0.2, -0.15) is 0 Å². The summed E-state index contributed by atoms with van der Waals surface area (Å²) in [5.41, 5.74) is 0. The Balaban J connectivity index is 0.00000200. The second-order valence-corrected chi connectivity index (χ2v) is 7.76. The molecular formula is C17H36Br2N2. The van der Waals surface area contributed by atoms with Crippen LogP contribution in [0.4, 0.5) is 0 Å². The lowest BCUT2D eigenvalue weighted by atomic mass is 10.2. The van der Waals surface area contributed by atoms with Crippen LogP contribution < -0.4 is 34.0 Å². The zero-order chi connectivity index (χ0) is 13.6. The fraction of sp³-hybridized carbons (Fsp3) is 1.00. The molecule has 0 saturated carbocycles. The highest BCUT2D eigenvalue weighted by Gasteiger charge is 2.27. The molecule has 2 nitrogen and oxygen atoms in total. The van der Waals surface area contributed by atoms with E-state index in [2.05, 4.69) is 14.1 Å². The molecule has 0 amide bonds. The smallest absolute Gasteiger partial charge is 0.0838 e. The lowest BCUT2D eigenvalue weighted by Gasteiger charge is -2.37. The summed E-state index contributed by atoms with van der Waals surface area (Å²) in [5.74, 6) is 0. The lowest BCUT2D eigenvalue weighted by molar-refractivity contribution is -0.927. The number of nitrogens with zero attached hydrogens (tertiary/aromatic N) is 2. The molecule has 2 heterocycles. The molecule has 4 heteroatoms. The number of hydrogen-bond acceptors (Lipinski definition) is 0. The second-order valence-electron chi connectivity index (χ2n) is 7.76. The summed E-state index contributed by atoms with van der Waals surface area (Å²) in [6.07, 6.45) is 13.2. The molecule has 2 rings (SSSR count). The van der Waals surface area contributed by atoms with Crippen LogP contribution >= 0.6 is 0 Å². The van der Waals surface area contributed by atoms with Crippen LogP contribution in [-0.2, 0) is 0 Å². The first-order valence-corrected chi connectivity index (χ1v) is 8.79. The van der Waals surface area contributed by atoms with Crippen LogP contribution in [-0.4, -0.2) is 62.3 Å². The molecule has 0 unspecified atom stereocenters. The standard InChI is InChI=1S/C17H36N2.2BrH/c1-18(12-7-3-4-8-13-18)16-11-17-19(2)14-9-5-6-10-15-19;;/h3-17H2,1-2H3;2*1H/q+2;;/p-2. The maximum Gasteiger partial charge on any atom is 0.0838 e. The fourth-order valence-corrected chi connectivity index (χ4v) is 4.19. The van der Waals surface area contributed by atoms with Crippen LogP contribution in [0.3, 0.4) is 0 Å². The van der Waals surface area contributed by atoms with Crippen molar-refractivity contribution in [3.63, 3.8) is 0 Å². The third kappa shape index (κ3) is 7.81. The van der Waals surface area contributed by atoms with Crippen molar-refractivity contribution in [1.82, 2.24) is 0 Å². The minimum atomic E-state index is 0. The molecule has 0 bridgehead atoms. The summed E-state index contributed by atoms with van der Waals surface area (Å²) < 4.78 is 2.72. The van der Waals surface area contributed by atoms with Gasteiger partial charge in [-0.25, -0.2) is 0 Å². The van der Waals surface area contributed by atoms with Gasteiger partial charge < -0.3 is 42.9 Å². The summed E-state index contributed by atoms with van der Waals surface area (Å²) in [6, 6.07) is 0. The van der Waals surface area contributed by atoms with E-state index in [0.717, 1.165) is 0 Å². The van der Waals surface area contributed by atoms with Gasteiger partial charge in [0, 0.05) is 6.42 Å². The molecule has 0 aliphatic carbocycles. The molecule has 0 radical (unpaired) electrons. The van der Waals surface area contributed by atoms with Crippen molar-refractivity contribution in [2.75, 3.05) is 53.4 Å². The summed E-state index contributed by atoms with van der Waals surface area (Å²) >= 11 is 0. The number of quaternary nitrogens is 2. The maximum atomic E-state index is 2.51. The first-order chi connectivity index (χ1) is 9.12. The van der Waals surface area contributed by atoms with Crippen LogP contribution in [0, 0.1) is 0 Å². The van der Waals surface area contributed by atoms with Crippen molar-refractivity contribution >= 4 is 0 Å². The number of halogens is 2. The Hall–Kier alpha value is 0.880. The van der Waals surface area contributed by atoms with Crippen LogP contribution in [0.25, 0.3) is 0 Å². The minimum absolute atomic E-state index is 0. The predicted octanol–water partition coefficient (Wildman–Crippen LogP) is -2.57. The molecule has 128 valence electrons. The molecule has 0 aromatic carbocycles. The monoisotopic (exact) mass is 426 g/mol. The SMILES string of the molecule is C[N+]1(CCC[N+]2(C)CCCCCC2)CCCCCC1.[Br-].[Br-]. The molecular weight excluding hydrogens is 392 g/mol. The zero-order valence-electron chi connectivity index (χ0n) is 14.3. The Morgan fingerprint density at radius 3 is 1.10 bits per heavy atom. The molecule has 0 spiro atoms. The Morgan fingerprint density at radius 2 is 0.810 bits per heavy atom. The van der Waals surface area contributed by atoms with Gasteiger partial charge in [0.15, 0.2) is 0 Å². The van der Waals surface area contributed by atoms with Gasteiger partial charge >= 0.3 is 0 Å². The third-order valence-corrected chi connectivity index (χ3v) is 5.69. The van der Waals surface area contributed by atoms with E-state index in [0.29, 0.717) is 0 Å². The van der Waals surface area contributed by atoms with E-state index < -0.39 is 0 Å². The van der Waals surface area contributed by atoms with Crippen molar-refractivity contribution in [2.24, 2.45) is 0 Å². The summed E-state index contributed by atoms with van der Waals surface area (Å²) in [5, 5.41) is 0. The van der Waals surface area contributed by atoms with E-state index in [-0.39, 0.29) is 34.0 Å². The topological polar surface area (TPSA) is 0 Å². The molecule has 2 aliphatic rings. The van der Waals surface area contributed by atoms with Gasteiger partial charge in [0.25, 0.3) is 0 Å². The number of likely N-dealkylation sites (tertiary alicyclic amines) is 2. The van der Waals surface area contributed by atoms with Gasteiger partial charge in [0.2, 0.25) is 0 Å². The highest BCUT2D eigenvalue weighted by Crippen LogP contribution is 2.19. The molecule has 0 atom stereocenters. The van der Waals surface area contributed by atoms with Gasteiger partial charge in [-0.3, -0.25) is 0 Å². The Kier molecular flexibility index (Phi) is 11.1. The van der Waals surface area contributed by atoms with Crippen LogP contribution in [0.2, 0.25) is 0 Å². The third-order valence-electron chi connectivity index (χ3n) is 5.69. The van der Waals surface area contributed by atoms with Crippen molar-refractivity contribution in [3.8, 4) is 0 Å². The van der Waals surface area contributed by atoms with E-state index in [1.807, 2.05) is 0 Å². The number of rotatable bonds is 4. The lowest BCUT2D eigenvalue weighted by Crippen LogP contribution is -3.00. The highest BCUT2D eigenvalue weighted by molar-refractivity contribution is 4.54. The maximum absolute atomic E-state index is 2.51. The zero-order valence-corrected chi connectivity index (χ0v) is 17.4. The first-order valence-electron chi connectivity index (χ1n) is 8.79. The van der Waals surface area contributed by atoms with Crippen molar-refractivity contribution < 1.29 is 42.9 Å². The Labute approximate surface area is 154 Å². The van der Waals surface area contributed by atoms with E-state index >= 15 is 0 Å². The van der Waals surface area contributed by atoms with E-state index in [1.54, 1.807) is 0 Å².